The molecule has 0 spiro atoms. The number of aliphatic hydroxyl groups is 1. The summed E-state index contributed by atoms with van der Waals surface area (Å²) in [6, 6.07) is 1.89. The van der Waals surface area contributed by atoms with Gasteiger partial charge in [0.1, 0.15) is 10.6 Å². The summed E-state index contributed by atoms with van der Waals surface area (Å²) in [6.45, 7) is 0.114. The van der Waals surface area contributed by atoms with E-state index < -0.39 is 0 Å². The molecule has 1 unspecified atom stereocenters. The fourth-order valence-electron chi connectivity index (χ4n) is 1.92. The fraction of sp³-hybridized carbons (Fsp3) is 0.583. The van der Waals surface area contributed by atoms with Crippen molar-refractivity contribution >= 4 is 17.2 Å². The number of hydrogen-bond acceptors (Lipinski definition) is 4. The smallest absolute Gasteiger partial charge is 0.265 e. The van der Waals surface area contributed by atoms with Crippen LogP contribution in [0.4, 0.5) is 0 Å². The Balaban J connectivity index is 1.99. The van der Waals surface area contributed by atoms with E-state index in [9.17, 15) is 4.79 Å². The van der Waals surface area contributed by atoms with Crippen LogP contribution >= 0.6 is 11.3 Å². The van der Waals surface area contributed by atoms with Crippen LogP contribution < -0.4 is 10.1 Å². The molecule has 1 heterocycles. The largest absolute Gasteiger partial charge is 0.495 e. The number of hydrogen-bond donors (Lipinski definition) is 2. The Bertz CT molecular complexity index is 387. The molecular weight excluding hydrogens is 238 g/mol. The van der Waals surface area contributed by atoms with E-state index in [1.54, 1.807) is 13.2 Å². The van der Waals surface area contributed by atoms with Crippen molar-refractivity contribution in [2.24, 2.45) is 5.92 Å². The summed E-state index contributed by atoms with van der Waals surface area (Å²) in [4.78, 5) is 12.6. The van der Waals surface area contributed by atoms with Gasteiger partial charge in [0.2, 0.25) is 0 Å². The average Bonchev–Trinajstić information content (AvgIpc) is 3.05. The number of ether oxygens (including phenoxy) is 1. The second-order valence-electron chi connectivity index (χ2n) is 4.25. The van der Waals surface area contributed by atoms with Crippen LogP contribution in [0.15, 0.2) is 11.4 Å². The van der Waals surface area contributed by atoms with Crippen LogP contribution in [0.2, 0.25) is 0 Å². The maximum atomic E-state index is 12.0. The van der Waals surface area contributed by atoms with Gasteiger partial charge < -0.3 is 15.2 Å². The number of carbonyl (C=O) groups excluding carboxylic acids is 1. The summed E-state index contributed by atoms with van der Waals surface area (Å²) in [6.07, 6.45) is 2.92. The topological polar surface area (TPSA) is 58.6 Å². The van der Waals surface area contributed by atoms with Crippen LogP contribution in [0.1, 0.15) is 28.9 Å². The van der Waals surface area contributed by atoms with Crippen LogP contribution in [0.25, 0.3) is 0 Å². The van der Waals surface area contributed by atoms with E-state index >= 15 is 0 Å². The van der Waals surface area contributed by atoms with Gasteiger partial charge in [0.15, 0.2) is 0 Å². The van der Waals surface area contributed by atoms with Crippen molar-refractivity contribution in [1.82, 2.24) is 5.32 Å². The van der Waals surface area contributed by atoms with E-state index in [-0.39, 0.29) is 18.6 Å². The molecule has 4 nitrogen and oxygen atoms in total. The molecule has 1 amide bonds. The summed E-state index contributed by atoms with van der Waals surface area (Å²) >= 11 is 1.37. The molecule has 94 valence electrons. The minimum absolute atomic E-state index is 0.0952. The molecule has 0 aliphatic heterocycles. The van der Waals surface area contributed by atoms with Crippen molar-refractivity contribution in [1.29, 1.82) is 0 Å². The molecule has 2 N–H and O–H groups in total. The second-order valence-corrected chi connectivity index (χ2v) is 5.16. The minimum atomic E-state index is -0.0952. The highest BCUT2D eigenvalue weighted by atomic mass is 32.1. The molecule has 5 heteroatoms. The quantitative estimate of drug-likeness (QED) is 0.812. The first-order chi connectivity index (χ1) is 8.26. The summed E-state index contributed by atoms with van der Waals surface area (Å²) in [7, 11) is 1.56. The maximum absolute atomic E-state index is 12.0. The predicted molar refractivity (Wildman–Crippen MR) is 66.6 cm³/mol. The fourth-order valence-corrected chi connectivity index (χ4v) is 2.68. The number of methoxy groups -OCH3 is 1. The summed E-state index contributed by atoms with van der Waals surface area (Å²) < 4.78 is 5.12. The zero-order chi connectivity index (χ0) is 12.3. The standard InChI is InChI=1S/C12H17NO3S/c1-16-10-5-7-17-11(10)12(15)13-9(4-6-14)8-2-3-8/h5,7-9,14H,2-4,6H2,1H3,(H,13,15). The lowest BCUT2D eigenvalue weighted by atomic mass is 10.1. The molecule has 0 saturated heterocycles. The second kappa shape index (κ2) is 5.51. The zero-order valence-electron chi connectivity index (χ0n) is 9.81. The first-order valence-corrected chi connectivity index (χ1v) is 6.67. The summed E-state index contributed by atoms with van der Waals surface area (Å²) in [5.41, 5.74) is 0. The van der Waals surface area contributed by atoms with Crippen LogP contribution in [-0.2, 0) is 0 Å². The zero-order valence-corrected chi connectivity index (χ0v) is 10.6. The van der Waals surface area contributed by atoms with Gasteiger partial charge in [0.05, 0.1) is 7.11 Å². The van der Waals surface area contributed by atoms with Gasteiger partial charge in [-0.05, 0) is 36.6 Å². The monoisotopic (exact) mass is 255 g/mol. The van der Waals surface area contributed by atoms with Crippen molar-refractivity contribution in [3.8, 4) is 5.75 Å². The molecule has 2 rings (SSSR count). The van der Waals surface area contributed by atoms with Gasteiger partial charge in [-0.1, -0.05) is 0 Å². The number of nitrogens with one attached hydrogen (secondary N) is 1. The summed E-state index contributed by atoms with van der Waals surface area (Å²) in [5.74, 6) is 1.06. The van der Waals surface area contributed by atoms with Gasteiger partial charge in [-0.15, -0.1) is 11.3 Å². The highest BCUT2D eigenvalue weighted by molar-refractivity contribution is 7.12. The molecule has 0 radical (unpaired) electrons. The Hall–Kier alpha value is -1.07. The molecule has 1 aliphatic rings. The van der Waals surface area contributed by atoms with Gasteiger partial charge in [-0.2, -0.15) is 0 Å². The minimum Gasteiger partial charge on any atom is -0.495 e. The Morgan fingerprint density at radius 3 is 3.06 bits per heavy atom. The number of thiophene rings is 1. The van der Waals surface area contributed by atoms with Crippen molar-refractivity contribution in [3.05, 3.63) is 16.3 Å². The van der Waals surface area contributed by atoms with E-state index in [4.69, 9.17) is 9.84 Å². The lowest BCUT2D eigenvalue weighted by Gasteiger charge is -2.16. The van der Waals surface area contributed by atoms with E-state index in [1.165, 1.54) is 11.3 Å². The maximum Gasteiger partial charge on any atom is 0.265 e. The third-order valence-corrected chi connectivity index (χ3v) is 3.90. The Morgan fingerprint density at radius 1 is 1.71 bits per heavy atom. The molecule has 1 aromatic heterocycles. The predicted octanol–water partition coefficient (Wildman–Crippen LogP) is 1.65. The van der Waals surface area contributed by atoms with E-state index in [0.717, 1.165) is 12.8 Å². The molecule has 17 heavy (non-hydrogen) atoms. The Morgan fingerprint density at radius 2 is 2.47 bits per heavy atom. The highest BCUT2D eigenvalue weighted by Crippen LogP contribution is 2.34. The number of carbonyl (C=O) groups is 1. The van der Waals surface area contributed by atoms with Gasteiger partial charge in [0, 0.05) is 12.6 Å². The van der Waals surface area contributed by atoms with Crippen molar-refractivity contribution < 1.29 is 14.6 Å². The molecule has 1 aliphatic carbocycles. The Labute approximate surface area is 105 Å². The van der Waals surface area contributed by atoms with E-state index in [0.29, 0.717) is 23.0 Å². The molecule has 1 fully saturated rings. The molecule has 0 bridgehead atoms. The molecule has 1 atom stereocenters. The normalized spacial score (nSPS) is 16.6. The number of aliphatic hydroxyl groups excluding tert-OH is 1. The van der Waals surface area contributed by atoms with Crippen molar-refractivity contribution in [3.63, 3.8) is 0 Å². The van der Waals surface area contributed by atoms with Gasteiger partial charge >= 0.3 is 0 Å². The van der Waals surface area contributed by atoms with Gasteiger partial charge in [-0.3, -0.25) is 4.79 Å². The highest BCUT2D eigenvalue weighted by Gasteiger charge is 2.32. The van der Waals surface area contributed by atoms with Gasteiger partial charge in [0.25, 0.3) is 5.91 Å². The van der Waals surface area contributed by atoms with Crippen LogP contribution in [0.3, 0.4) is 0 Å². The van der Waals surface area contributed by atoms with E-state index in [2.05, 4.69) is 5.32 Å². The van der Waals surface area contributed by atoms with Crippen molar-refractivity contribution in [2.45, 2.75) is 25.3 Å². The van der Waals surface area contributed by atoms with Crippen LogP contribution in [0.5, 0.6) is 5.75 Å². The first-order valence-electron chi connectivity index (χ1n) is 5.79. The SMILES string of the molecule is COc1ccsc1C(=O)NC(CCO)C1CC1. The van der Waals surface area contributed by atoms with Crippen LogP contribution in [-0.4, -0.2) is 30.8 Å². The van der Waals surface area contributed by atoms with Gasteiger partial charge in [-0.25, -0.2) is 0 Å². The summed E-state index contributed by atoms with van der Waals surface area (Å²) in [5, 5.41) is 13.8. The van der Waals surface area contributed by atoms with E-state index in [1.807, 2.05) is 5.38 Å². The third kappa shape index (κ3) is 2.98. The molecule has 1 saturated carbocycles. The van der Waals surface area contributed by atoms with Crippen LogP contribution in [0, 0.1) is 5.92 Å². The molecule has 0 aromatic carbocycles. The number of rotatable bonds is 6. The average molecular weight is 255 g/mol. The molecular formula is C12H17NO3S. The Kier molecular flexibility index (Phi) is 4.02. The third-order valence-electron chi connectivity index (χ3n) is 3.00. The lowest BCUT2D eigenvalue weighted by Crippen LogP contribution is -2.36. The van der Waals surface area contributed by atoms with Crippen molar-refractivity contribution in [2.75, 3.05) is 13.7 Å². The molecule has 1 aromatic rings. The number of amides is 1. The first kappa shape index (κ1) is 12.4. The lowest BCUT2D eigenvalue weighted by molar-refractivity contribution is 0.0925.